The van der Waals surface area contributed by atoms with Crippen molar-refractivity contribution in [3.63, 3.8) is 0 Å². The predicted molar refractivity (Wildman–Crippen MR) is 115 cm³/mol. The Balaban J connectivity index is 0.00000131. The van der Waals surface area contributed by atoms with Gasteiger partial charge in [-0.1, -0.05) is 0 Å². The molecule has 0 amide bonds. The zero-order chi connectivity index (χ0) is 17.2. The maximum Gasteiger partial charge on any atom is 0.262 e. The van der Waals surface area contributed by atoms with Gasteiger partial charge in [0.25, 0.3) is 5.56 Å². The molecular formula is C18H28Cl2N4O2S. The van der Waals surface area contributed by atoms with E-state index in [1.54, 1.807) is 24.8 Å². The lowest BCUT2D eigenvalue weighted by atomic mass is 10.1. The van der Waals surface area contributed by atoms with Crippen molar-refractivity contribution in [2.75, 3.05) is 39.9 Å². The van der Waals surface area contributed by atoms with E-state index in [0.29, 0.717) is 5.92 Å². The SMILES string of the molecule is COCCCN1CCC(Cn2cnc3sc4c(c3c2=O)CCNC4)C1.Cl.Cl. The minimum Gasteiger partial charge on any atom is -0.385 e. The zero-order valence-corrected chi connectivity index (χ0v) is 18.1. The molecule has 1 fully saturated rings. The van der Waals surface area contributed by atoms with E-state index in [-0.39, 0.29) is 30.4 Å². The summed E-state index contributed by atoms with van der Waals surface area (Å²) in [6.07, 6.45) is 4.93. The largest absolute Gasteiger partial charge is 0.385 e. The summed E-state index contributed by atoms with van der Waals surface area (Å²) in [6, 6.07) is 0. The third kappa shape index (κ3) is 4.83. The number of hydrogen-bond donors (Lipinski definition) is 1. The fraction of sp³-hybridized carbons (Fsp3) is 0.667. The van der Waals surface area contributed by atoms with Gasteiger partial charge in [0.05, 0.1) is 11.7 Å². The maximum absolute atomic E-state index is 13.0. The van der Waals surface area contributed by atoms with Gasteiger partial charge in [-0.15, -0.1) is 36.2 Å². The Morgan fingerprint density at radius 3 is 3.07 bits per heavy atom. The van der Waals surface area contributed by atoms with Crippen LogP contribution in [0.15, 0.2) is 11.1 Å². The van der Waals surface area contributed by atoms with Gasteiger partial charge < -0.3 is 15.0 Å². The van der Waals surface area contributed by atoms with Gasteiger partial charge in [0.2, 0.25) is 0 Å². The molecule has 1 N–H and O–H groups in total. The van der Waals surface area contributed by atoms with Gasteiger partial charge in [-0.25, -0.2) is 4.98 Å². The van der Waals surface area contributed by atoms with E-state index >= 15 is 0 Å². The quantitative estimate of drug-likeness (QED) is 0.706. The van der Waals surface area contributed by atoms with Crippen molar-refractivity contribution in [2.24, 2.45) is 5.92 Å². The molecule has 1 saturated heterocycles. The molecule has 0 aromatic carbocycles. The average molecular weight is 435 g/mol. The highest BCUT2D eigenvalue weighted by atomic mass is 35.5. The third-order valence-corrected chi connectivity index (χ3v) is 6.49. The highest BCUT2D eigenvalue weighted by Gasteiger charge is 2.24. The van der Waals surface area contributed by atoms with Crippen LogP contribution in [0.4, 0.5) is 0 Å². The second-order valence-electron chi connectivity index (χ2n) is 7.11. The molecular weight excluding hydrogens is 407 g/mol. The Kier molecular flexibility index (Phi) is 8.52. The van der Waals surface area contributed by atoms with Gasteiger partial charge >= 0.3 is 0 Å². The number of fused-ring (bicyclic) bond motifs is 3. The fourth-order valence-corrected chi connectivity index (χ4v) is 5.20. The van der Waals surface area contributed by atoms with Crippen molar-refractivity contribution < 1.29 is 4.74 Å². The Morgan fingerprint density at radius 2 is 2.26 bits per heavy atom. The molecule has 9 heteroatoms. The molecule has 0 spiro atoms. The first kappa shape index (κ1) is 22.6. The van der Waals surface area contributed by atoms with Crippen molar-refractivity contribution in [3.8, 4) is 0 Å². The van der Waals surface area contributed by atoms with Crippen LogP contribution in [0.1, 0.15) is 23.3 Å². The van der Waals surface area contributed by atoms with Crippen LogP contribution in [-0.2, 0) is 24.2 Å². The lowest BCUT2D eigenvalue weighted by molar-refractivity contribution is 0.178. The topological polar surface area (TPSA) is 59.4 Å². The molecule has 6 nitrogen and oxygen atoms in total. The summed E-state index contributed by atoms with van der Waals surface area (Å²) < 4.78 is 6.98. The Bertz CT molecular complexity index is 810. The van der Waals surface area contributed by atoms with E-state index in [1.165, 1.54) is 10.4 Å². The summed E-state index contributed by atoms with van der Waals surface area (Å²) in [7, 11) is 1.75. The number of nitrogens with zero attached hydrogens (tertiary/aromatic N) is 3. The number of rotatable bonds is 6. The molecule has 152 valence electrons. The molecule has 0 bridgehead atoms. The van der Waals surface area contributed by atoms with Crippen LogP contribution < -0.4 is 10.9 Å². The van der Waals surface area contributed by atoms with E-state index in [1.807, 2.05) is 4.57 Å². The van der Waals surface area contributed by atoms with Crippen LogP contribution >= 0.6 is 36.2 Å². The Hall–Kier alpha value is -0.700. The second kappa shape index (κ2) is 10.2. The lowest BCUT2D eigenvalue weighted by Gasteiger charge is -2.16. The molecule has 2 aliphatic rings. The summed E-state index contributed by atoms with van der Waals surface area (Å²) >= 11 is 1.67. The molecule has 2 aromatic rings. The summed E-state index contributed by atoms with van der Waals surface area (Å²) in [6.45, 7) is 6.70. The number of hydrogen-bond acceptors (Lipinski definition) is 6. The maximum atomic E-state index is 13.0. The number of methoxy groups -OCH3 is 1. The number of ether oxygens (including phenoxy) is 1. The van der Waals surface area contributed by atoms with Gasteiger partial charge in [0.15, 0.2) is 0 Å². The zero-order valence-electron chi connectivity index (χ0n) is 15.6. The Labute approximate surface area is 176 Å². The number of aromatic nitrogens is 2. The highest BCUT2D eigenvalue weighted by molar-refractivity contribution is 7.18. The minimum atomic E-state index is 0. The third-order valence-electron chi connectivity index (χ3n) is 5.35. The number of halogens is 2. The molecule has 2 aliphatic heterocycles. The van der Waals surface area contributed by atoms with E-state index in [2.05, 4.69) is 15.2 Å². The molecule has 1 atom stereocenters. The van der Waals surface area contributed by atoms with E-state index in [9.17, 15) is 4.79 Å². The van der Waals surface area contributed by atoms with Crippen molar-refractivity contribution in [3.05, 3.63) is 27.1 Å². The van der Waals surface area contributed by atoms with Crippen LogP contribution in [0.25, 0.3) is 10.2 Å². The molecule has 4 rings (SSSR count). The van der Waals surface area contributed by atoms with Crippen LogP contribution in [0.3, 0.4) is 0 Å². The van der Waals surface area contributed by atoms with Gasteiger partial charge in [-0.2, -0.15) is 0 Å². The molecule has 1 unspecified atom stereocenters. The summed E-state index contributed by atoms with van der Waals surface area (Å²) in [5, 5.41) is 4.25. The monoisotopic (exact) mass is 434 g/mol. The highest BCUT2D eigenvalue weighted by Crippen LogP contribution is 2.29. The minimum absolute atomic E-state index is 0. The molecule has 4 heterocycles. The number of likely N-dealkylation sites (tertiary alicyclic amines) is 1. The first-order valence-electron chi connectivity index (χ1n) is 9.18. The standard InChI is InChI=1S/C18H26N4O2S.2ClH/c1-24-8-2-6-21-7-4-13(10-21)11-22-12-20-17-16(18(22)23)14-3-5-19-9-15(14)25-17;;/h12-13,19H,2-11H2,1H3;2*1H. The van der Waals surface area contributed by atoms with Crippen LogP contribution in [0.2, 0.25) is 0 Å². The van der Waals surface area contributed by atoms with Crippen LogP contribution in [0.5, 0.6) is 0 Å². The molecule has 0 radical (unpaired) electrons. The average Bonchev–Trinajstić information content (AvgIpc) is 3.22. The molecule has 0 aliphatic carbocycles. The molecule has 2 aromatic heterocycles. The fourth-order valence-electron chi connectivity index (χ4n) is 4.06. The summed E-state index contributed by atoms with van der Waals surface area (Å²) in [5.41, 5.74) is 1.39. The smallest absolute Gasteiger partial charge is 0.262 e. The second-order valence-corrected chi connectivity index (χ2v) is 8.20. The van der Waals surface area contributed by atoms with E-state index in [0.717, 1.165) is 75.4 Å². The lowest BCUT2D eigenvalue weighted by Crippen LogP contribution is -2.28. The first-order chi connectivity index (χ1) is 12.3. The van der Waals surface area contributed by atoms with Gasteiger partial charge in [-0.3, -0.25) is 9.36 Å². The molecule has 27 heavy (non-hydrogen) atoms. The van der Waals surface area contributed by atoms with E-state index in [4.69, 9.17) is 4.74 Å². The summed E-state index contributed by atoms with van der Waals surface area (Å²) in [4.78, 5) is 22.3. The van der Waals surface area contributed by atoms with Gasteiger partial charge in [-0.05, 0) is 43.8 Å². The van der Waals surface area contributed by atoms with Crippen molar-refractivity contribution >= 4 is 46.4 Å². The Morgan fingerprint density at radius 1 is 1.41 bits per heavy atom. The van der Waals surface area contributed by atoms with Gasteiger partial charge in [0.1, 0.15) is 4.83 Å². The van der Waals surface area contributed by atoms with Crippen molar-refractivity contribution in [1.82, 2.24) is 19.8 Å². The number of thiophene rings is 1. The predicted octanol–water partition coefficient (Wildman–Crippen LogP) is 2.31. The van der Waals surface area contributed by atoms with Crippen molar-refractivity contribution in [2.45, 2.75) is 32.4 Å². The van der Waals surface area contributed by atoms with Crippen LogP contribution in [-0.4, -0.2) is 54.3 Å². The first-order valence-corrected chi connectivity index (χ1v) is 9.99. The normalized spacial score (nSPS) is 19.5. The van der Waals surface area contributed by atoms with Crippen LogP contribution in [0, 0.1) is 5.92 Å². The molecule has 0 saturated carbocycles. The van der Waals surface area contributed by atoms with E-state index < -0.39 is 0 Å². The van der Waals surface area contributed by atoms with Gasteiger partial charge in [0, 0.05) is 44.8 Å². The summed E-state index contributed by atoms with van der Waals surface area (Å²) in [5.74, 6) is 0.538. The van der Waals surface area contributed by atoms with Crippen molar-refractivity contribution in [1.29, 1.82) is 0 Å². The number of nitrogens with one attached hydrogen (secondary N) is 1.